The number of hydrogen-bond donors (Lipinski definition) is 1. The first kappa shape index (κ1) is 15.5. The average Bonchev–Trinajstić information content (AvgIpc) is 2.54. The summed E-state index contributed by atoms with van der Waals surface area (Å²) in [6.45, 7) is 6.74. The molecule has 1 aromatic heterocycles. The molecule has 0 aliphatic carbocycles. The summed E-state index contributed by atoms with van der Waals surface area (Å²) in [5.74, 6) is 0.907. The van der Waals surface area contributed by atoms with E-state index in [1.54, 1.807) is 0 Å². The monoisotopic (exact) mass is 284 g/mol. The molecule has 2 rings (SSSR count). The highest BCUT2D eigenvalue weighted by Gasteiger charge is 1.99. The fourth-order valence-electron chi connectivity index (χ4n) is 2.07. The Morgan fingerprint density at radius 2 is 2.00 bits per heavy atom. The molecule has 3 nitrogen and oxygen atoms in total. The number of benzene rings is 1. The average molecular weight is 284 g/mol. The number of hydrogen-bond acceptors (Lipinski definition) is 3. The third-order valence-electron chi connectivity index (χ3n) is 3.34. The summed E-state index contributed by atoms with van der Waals surface area (Å²) in [4.78, 5) is 4.45. The first-order valence-corrected chi connectivity index (χ1v) is 7.68. The number of aromatic nitrogens is 1. The van der Waals surface area contributed by atoms with E-state index in [0.29, 0.717) is 6.61 Å². The van der Waals surface area contributed by atoms with Crippen LogP contribution in [0, 0.1) is 0 Å². The molecular weight excluding hydrogens is 260 g/mol. The molecule has 2 aromatic rings. The zero-order valence-corrected chi connectivity index (χ0v) is 12.9. The van der Waals surface area contributed by atoms with Gasteiger partial charge in [0.2, 0.25) is 0 Å². The van der Waals surface area contributed by atoms with Gasteiger partial charge in [-0.05, 0) is 48.7 Å². The van der Waals surface area contributed by atoms with Crippen LogP contribution in [-0.4, -0.2) is 11.5 Å². The van der Waals surface area contributed by atoms with Crippen LogP contribution in [0.15, 0.2) is 42.6 Å². The fourth-order valence-corrected chi connectivity index (χ4v) is 2.07. The summed E-state index contributed by atoms with van der Waals surface area (Å²) in [5, 5.41) is 3.37. The van der Waals surface area contributed by atoms with Crippen molar-refractivity contribution in [2.75, 3.05) is 6.54 Å². The second-order valence-electron chi connectivity index (χ2n) is 5.12. The van der Waals surface area contributed by atoms with Crippen molar-refractivity contribution in [1.82, 2.24) is 10.3 Å². The lowest BCUT2D eigenvalue weighted by Gasteiger charge is -2.08. The van der Waals surface area contributed by atoms with Gasteiger partial charge >= 0.3 is 0 Å². The first-order valence-electron chi connectivity index (χ1n) is 7.68. The van der Waals surface area contributed by atoms with Gasteiger partial charge in [0.1, 0.15) is 12.4 Å². The Hall–Kier alpha value is -1.87. The molecule has 21 heavy (non-hydrogen) atoms. The normalized spacial score (nSPS) is 10.6. The molecule has 0 unspecified atom stereocenters. The van der Waals surface area contributed by atoms with Gasteiger partial charge in [0.15, 0.2) is 0 Å². The largest absolute Gasteiger partial charge is 0.487 e. The number of nitrogens with one attached hydrogen (secondary N) is 1. The van der Waals surface area contributed by atoms with Crippen LogP contribution in [0.25, 0.3) is 0 Å². The lowest BCUT2D eigenvalue weighted by atomic mass is 10.2. The summed E-state index contributed by atoms with van der Waals surface area (Å²) in [7, 11) is 0. The molecule has 0 amide bonds. The van der Waals surface area contributed by atoms with Crippen LogP contribution >= 0.6 is 0 Å². The fraction of sp³-hybridized carbons (Fsp3) is 0.389. The Balaban J connectivity index is 1.85. The minimum Gasteiger partial charge on any atom is -0.487 e. The summed E-state index contributed by atoms with van der Waals surface area (Å²) in [6, 6.07) is 12.4. The molecule has 0 atom stereocenters. The number of nitrogens with zero attached hydrogens (tertiary/aromatic N) is 1. The lowest BCUT2D eigenvalue weighted by molar-refractivity contribution is 0.301. The van der Waals surface area contributed by atoms with Crippen LogP contribution in [0.2, 0.25) is 0 Å². The molecule has 3 heteroatoms. The van der Waals surface area contributed by atoms with Crippen LogP contribution in [0.5, 0.6) is 5.75 Å². The predicted octanol–water partition coefficient (Wildman–Crippen LogP) is 3.72. The number of aryl methyl sites for hydroxylation is 1. The molecule has 0 fully saturated rings. The maximum Gasteiger partial charge on any atom is 0.130 e. The quantitative estimate of drug-likeness (QED) is 0.750. The topological polar surface area (TPSA) is 34.1 Å². The highest BCUT2D eigenvalue weighted by atomic mass is 16.5. The molecule has 0 radical (unpaired) electrons. The molecule has 0 spiro atoms. The van der Waals surface area contributed by atoms with Crippen LogP contribution < -0.4 is 10.1 Å². The molecule has 1 aromatic carbocycles. The Kier molecular flexibility index (Phi) is 6.22. The molecule has 112 valence electrons. The van der Waals surface area contributed by atoms with Gasteiger partial charge in [0.05, 0.1) is 5.69 Å². The molecule has 1 heterocycles. The van der Waals surface area contributed by atoms with Crippen molar-refractivity contribution in [3.63, 3.8) is 0 Å². The number of ether oxygens (including phenoxy) is 1. The van der Waals surface area contributed by atoms with E-state index in [0.717, 1.165) is 37.4 Å². The Bertz CT molecular complexity index is 537. The second-order valence-corrected chi connectivity index (χ2v) is 5.12. The van der Waals surface area contributed by atoms with E-state index in [1.165, 1.54) is 11.1 Å². The van der Waals surface area contributed by atoms with Crippen LogP contribution in [0.4, 0.5) is 0 Å². The SMILES string of the molecule is CCCNCc1ccc(COc2cccc(CC)c2)nc1. The smallest absolute Gasteiger partial charge is 0.130 e. The summed E-state index contributed by atoms with van der Waals surface area (Å²) in [6.07, 6.45) is 4.09. The van der Waals surface area contributed by atoms with Gasteiger partial charge in [-0.25, -0.2) is 0 Å². The van der Waals surface area contributed by atoms with Gasteiger partial charge in [0.25, 0.3) is 0 Å². The molecule has 0 aliphatic rings. The van der Waals surface area contributed by atoms with Crippen molar-refractivity contribution in [1.29, 1.82) is 0 Å². The predicted molar refractivity (Wildman–Crippen MR) is 86.4 cm³/mol. The van der Waals surface area contributed by atoms with Gasteiger partial charge in [0, 0.05) is 12.7 Å². The van der Waals surface area contributed by atoms with Crippen molar-refractivity contribution >= 4 is 0 Å². The molecule has 0 saturated carbocycles. The lowest BCUT2D eigenvalue weighted by Crippen LogP contribution is -2.14. The van der Waals surface area contributed by atoms with Gasteiger partial charge in [-0.1, -0.05) is 32.0 Å². The van der Waals surface area contributed by atoms with Gasteiger partial charge in [-0.15, -0.1) is 0 Å². The van der Waals surface area contributed by atoms with Crippen LogP contribution in [0.3, 0.4) is 0 Å². The Morgan fingerprint density at radius 1 is 1.10 bits per heavy atom. The van der Waals surface area contributed by atoms with Crippen molar-refractivity contribution < 1.29 is 4.74 Å². The zero-order chi connectivity index (χ0) is 14.9. The minimum atomic E-state index is 0.510. The maximum absolute atomic E-state index is 5.79. The highest BCUT2D eigenvalue weighted by molar-refractivity contribution is 5.28. The molecule has 0 saturated heterocycles. The van der Waals surface area contributed by atoms with E-state index in [-0.39, 0.29) is 0 Å². The summed E-state index contributed by atoms with van der Waals surface area (Å²) < 4.78 is 5.79. The third-order valence-corrected chi connectivity index (χ3v) is 3.34. The molecule has 1 N–H and O–H groups in total. The van der Waals surface area contributed by atoms with Crippen molar-refractivity contribution in [3.05, 3.63) is 59.4 Å². The first-order chi connectivity index (χ1) is 10.3. The van der Waals surface area contributed by atoms with Gasteiger partial charge < -0.3 is 10.1 Å². The Morgan fingerprint density at radius 3 is 2.71 bits per heavy atom. The number of pyridine rings is 1. The van der Waals surface area contributed by atoms with E-state index in [1.807, 2.05) is 24.4 Å². The van der Waals surface area contributed by atoms with Crippen molar-refractivity contribution in [2.45, 2.75) is 39.8 Å². The highest BCUT2D eigenvalue weighted by Crippen LogP contribution is 2.15. The minimum absolute atomic E-state index is 0.510. The summed E-state index contributed by atoms with van der Waals surface area (Å²) in [5.41, 5.74) is 3.45. The van der Waals surface area contributed by atoms with Crippen molar-refractivity contribution in [2.24, 2.45) is 0 Å². The Labute approximate surface area is 127 Å². The standard InChI is InChI=1S/C18H24N2O/c1-3-10-19-12-16-8-9-17(20-13-16)14-21-18-7-5-6-15(4-2)11-18/h5-9,11,13,19H,3-4,10,12,14H2,1-2H3. The molecule has 0 bridgehead atoms. The maximum atomic E-state index is 5.79. The van der Waals surface area contributed by atoms with E-state index >= 15 is 0 Å². The van der Waals surface area contributed by atoms with Crippen molar-refractivity contribution in [3.8, 4) is 5.75 Å². The van der Waals surface area contributed by atoms with Gasteiger partial charge in [-0.2, -0.15) is 0 Å². The van der Waals surface area contributed by atoms with Crippen LogP contribution in [-0.2, 0) is 19.6 Å². The molecule has 0 aliphatic heterocycles. The zero-order valence-electron chi connectivity index (χ0n) is 12.9. The second kappa shape index (κ2) is 8.42. The van der Waals surface area contributed by atoms with E-state index < -0.39 is 0 Å². The van der Waals surface area contributed by atoms with E-state index in [9.17, 15) is 0 Å². The van der Waals surface area contributed by atoms with E-state index in [2.05, 4.69) is 42.3 Å². The van der Waals surface area contributed by atoms with Gasteiger partial charge in [-0.3, -0.25) is 4.98 Å². The molecular formula is C18H24N2O. The summed E-state index contributed by atoms with van der Waals surface area (Å²) >= 11 is 0. The van der Waals surface area contributed by atoms with E-state index in [4.69, 9.17) is 4.74 Å². The third kappa shape index (κ3) is 5.20. The van der Waals surface area contributed by atoms with Crippen LogP contribution in [0.1, 0.15) is 37.1 Å². The number of rotatable bonds is 8.